The predicted molar refractivity (Wildman–Crippen MR) is 227 cm³/mol. The average molecular weight is 680 g/mol. The summed E-state index contributed by atoms with van der Waals surface area (Å²) in [5, 5.41) is 7.61. The molecule has 0 amide bonds. The second-order valence-corrected chi connectivity index (χ2v) is 14.6. The lowest BCUT2D eigenvalue weighted by molar-refractivity contribution is 0.865. The van der Waals surface area contributed by atoms with Gasteiger partial charge in [-0.05, 0) is 108 Å². The number of aromatic nitrogens is 1. The number of pyridine rings is 1. The summed E-state index contributed by atoms with van der Waals surface area (Å²) in [7, 11) is 0. The van der Waals surface area contributed by atoms with Crippen molar-refractivity contribution >= 4 is 32.3 Å². The highest BCUT2D eigenvalue weighted by Gasteiger charge is 2.20. The van der Waals surface area contributed by atoms with Crippen LogP contribution >= 0.6 is 0 Å². The van der Waals surface area contributed by atoms with Crippen molar-refractivity contribution in [2.24, 2.45) is 0 Å². The van der Waals surface area contributed by atoms with Gasteiger partial charge >= 0.3 is 0 Å². The Balaban J connectivity index is 1.21. The maximum absolute atomic E-state index is 4.79. The van der Waals surface area contributed by atoms with E-state index in [9.17, 15) is 0 Å². The van der Waals surface area contributed by atoms with Gasteiger partial charge in [0.15, 0.2) is 0 Å². The van der Waals surface area contributed by atoms with Crippen LogP contribution in [0.25, 0.3) is 88.1 Å². The molecule has 0 atom stereocenters. The second-order valence-electron chi connectivity index (χ2n) is 14.6. The second kappa shape index (κ2) is 13.3. The molecule has 9 rings (SSSR count). The molecule has 1 nitrogen and oxygen atoms in total. The van der Waals surface area contributed by atoms with Crippen LogP contribution in [0.4, 0.5) is 0 Å². The van der Waals surface area contributed by atoms with E-state index in [-0.39, 0.29) is 0 Å². The Kier molecular flexibility index (Phi) is 8.21. The Morgan fingerprint density at radius 2 is 0.906 bits per heavy atom. The van der Waals surface area contributed by atoms with E-state index in [0.717, 1.165) is 22.4 Å². The number of aryl methyl sites for hydroxylation is 2. The Morgan fingerprint density at radius 3 is 1.47 bits per heavy atom. The zero-order valence-corrected chi connectivity index (χ0v) is 30.7. The summed E-state index contributed by atoms with van der Waals surface area (Å²) in [6.45, 7) is 9.09. The van der Waals surface area contributed by atoms with Crippen LogP contribution in [-0.4, -0.2) is 4.98 Å². The summed E-state index contributed by atoms with van der Waals surface area (Å²) in [6.07, 6.45) is 1.98. The molecule has 0 aliphatic rings. The van der Waals surface area contributed by atoms with Gasteiger partial charge in [0.1, 0.15) is 0 Å². The van der Waals surface area contributed by atoms with Crippen molar-refractivity contribution < 1.29 is 0 Å². The highest BCUT2D eigenvalue weighted by molar-refractivity contribution is 6.24. The van der Waals surface area contributed by atoms with E-state index in [1.165, 1.54) is 82.4 Å². The normalized spacial score (nSPS) is 11.6. The largest absolute Gasteiger partial charge is 0.256 e. The summed E-state index contributed by atoms with van der Waals surface area (Å²) in [5.74, 6) is 0.424. The molecule has 0 bridgehead atoms. The first kappa shape index (κ1) is 32.6. The van der Waals surface area contributed by atoms with Crippen molar-refractivity contribution in [3.8, 4) is 55.8 Å². The topological polar surface area (TPSA) is 12.9 Å². The molecular formula is C52H41N. The van der Waals surface area contributed by atoms with Crippen LogP contribution in [0.2, 0.25) is 0 Å². The number of rotatable bonds is 6. The minimum absolute atomic E-state index is 0.424. The molecule has 0 spiro atoms. The molecule has 53 heavy (non-hydrogen) atoms. The Hall–Kier alpha value is -6.31. The van der Waals surface area contributed by atoms with Crippen LogP contribution in [0, 0.1) is 13.8 Å². The number of hydrogen-bond donors (Lipinski definition) is 0. The standard InChI is InChI=1S/C52H41N/c1-33(2)48-31-34(3)30-35(4)50(48)42-22-12-21-41-40(42)20-13-23-43(41)52-46-18-10-8-16-44(46)51(45-17-9-11-19-47(45)52)38-26-24-36(25-27-38)39-28-29-49(53-32-39)37-14-6-5-7-15-37/h5-33H,1-4H3. The fourth-order valence-corrected chi connectivity index (χ4v) is 8.47. The van der Waals surface area contributed by atoms with Crippen molar-refractivity contribution in [3.63, 3.8) is 0 Å². The first-order valence-corrected chi connectivity index (χ1v) is 18.7. The van der Waals surface area contributed by atoms with Crippen molar-refractivity contribution in [2.75, 3.05) is 0 Å². The molecule has 1 heterocycles. The van der Waals surface area contributed by atoms with Gasteiger partial charge in [-0.2, -0.15) is 0 Å². The number of nitrogens with zero attached hydrogens (tertiary/aromatic N) is 1. The van der Waals surface area contributed by atoms with Gasteiger partial charge in [-0.15, -0.1) is 0 Å². The van der Waals surface area contributed by atoms with E-state index in [1.807, 2.05) is 12.3 Å². The lowest BCUT2D eigenvalue weighted by Gasteiger charge is -2.21. The van der Waals surface area contributed by atoms with Gasteiger partial charge in [-0.3, -0.25) is 4.98 Å². The molecule has 254 valence electrons. The zero-order chi connectivity index (χ0) is 36.1. The first-order valence-electron chi connectivity index (χ1n) is 18.7. The molecule has 1 heteroatoms. The van der Waals surface area contributed by atoms with Crippen LogP contribution in [0.5, 0.6) is 0 Å². The molecule has 9 aromatic rings. The van der Waals surface area contributed by atoms with Gasteiger partial charge in [0, 0.05) is 17.3 Å². The van der Waals surface area contributed by atoms with Crippen LogP contribution in [-0.2, 0) is 0 Å². The number of benzene rings is 8. The summed E-state index contributed by atoms with van der Waals surface area (Å²) in [5.41, 5.74) is 16.1. The molecule has 0 saturated heterocycles. The quantitative estimate of drug-likeness (QED) is 0.159. The molecule has 0 aliphatic carbocycles. The predicted octanol–water partition coefficient (Wildman–Crippen LogP) is 14.6. The smallest absolute Gasteiger partial charge is 0.0702 e. The fraction of sp³-hybridized carbons (Fsp3) is 0.0962. The van der Waals surface area contributed by atoms with E-state index in [4.69, 9.17) is 4.98 Å². The first-order chi connectivity index (χ1) is 26.0. The van der Waals surface area contributed by atoms with Gasteiger partial charge in [-0.1, -0.05) is 177 Å². The average Bonchev–Trinajstić information content (AvgIpc) is 3.20. The van der Waals surface area contributed by atoms with Crippen LogP contribution < -0.4 is 0 Å². The Labute approximate surface area is 312 Å². The summed E-state index contributed by atoms with van der Waals surface area (Å²) >= 11 is 0. The molecule has 0 saturated carbocycles. The third-order valence-electron chi connectivity index (χ3n) is 10.9. The van der Waals surface area contributed by atoms with Crippen molar-refractivity contribution in [2.45, 2.75) is 33.6 Å². The molecule has 0 aliphatic heterocycles. The SMILES string of the molecule is Cc1cc(C)c(-c2cccc3c(-c4c5ccccc5c(-c5ccc(-c6ccc(-c7ccccc7)nc6)cc5)c5ccccc45)cccc23)c(C(C)C)c1. The molecule has 0 unspecified atom stereocenters. The van der Waals surface area contributed by atoms with Gasteiger partial charge in [0.2, 0.25) is 0 Å². The van der Waals surface area contributed by atoms with Crippen molar-refractivity contribution in [1.29, 1.82) is 0 Å². The fourth-order valence-electron chi connectivity index (χ4n) is 8.47. The highest BCUT2D eigenvalue weighted by atomic mass is 14.7. The van der Waals surface area contributed by atoms with Gasteiger partial charge in [-0.25, -0.2) is 0 Å². The molecular weight excluding hydrogens is 639 g/mol. The van der Waals surface area contributed by atoms with E-state index >= 15 is 0 Å². The number of hydrogen-bond acceptors (Lipinski definition) is 1. The van der Waals surface area contributed by atoms with Crippen LogP contribution in [0.1, 0.15) is 36.5 Å². The highest BCUT2D eigenvalue weighted by Crippen LogP contribution is 2.47. The lowest BCUT2D eigenvalue weighted by Crippen LogP contribution is -1.98. The van der Waals surface area contributed by atoms with Crippen molar-refractivity contribution in [1.82, 2.24) is 4.98 Å². The van der Waals surface area contributed by atoms with E-state index in [1.54, 1.807) is 0 Å². The minimum Gasteiger partial charge on any atom is -0.256 e. The van der Waals surface area contributed by atoms with Crippen LogP contribution in [0.3, 0.4) is 0 Å². The molecule has 0 fully saturated rings. The number of fused-ring (bicyclic) bond motifs is 3. The monoisotopic (exact) mass is 679 g/mol. The van der Waals surface area contributed by atoms with Gasteiger partial charge < -0.3 is 0 Å². The van der Waals surface area contributed by atoms with E-state index in [0.29, 0.717) is 5.92 Å². The van der Waals surface area contributed by atoms with Crippen molar-refractivity contribution in [3.05, 3.63) is 187 Å². The zero-order valence-electron chi connectivity index (χ0n) is 30.7. The molecule has 1 aromatic heterocycles. The van der Waals surface area contributed by atoms with Crippen LogP contribution in [0.15, 0.2) is 170 Å². The summed E-state index contributed by atoms with van der Waals surface area (Å²) < 4.78 is 0. The third-order valence-corrected chi connectivity index (χ3v) is 10.9. The molecule has 0 N–H and O–H groups in total. The van der Waals surface area contributed by atoms with Gasteiger partial charge in [0.05, 0.1) is 5.69 Å². The molecule has 8 aromatic carbocycles. The summed E-state index contributed by atoms with van der Waals surface area (Å²) in [6, 6.07) is 60.0. The lowest BCUT2D eigenvalue weighted by atomic mass is 9.82. The van der Waals surface area contributed by atoms with Gasteiger partial charge in [0.25, 0.3) is 0 Å². The summed E-state index contributed by atoms with van der Waals surface area (Å²) in [4.78, 5) is 4.79. The van der Waals surface area contributed by atoms with E-state index in [2.05, 4.69) is 185 Å². The van der Waals surface area contributed by atoms with E-state index < -0.39 is 0 Å². The Bertz CT molecular complexity index is 2730. The Morgan fingerprint density at radius 1 is 0.396 bits per heavy atom. The maximum Gasteiger partial charge on any atom is 0.0702 e. The molecule has 0 radical (unpaired) electrons. The third kappa shape index (κ3) is 5.70. The maximum atomic E-state index is 4.79. The minimum atomic E-state index is 0.424.